The first-order valence-corrected chi connectivity index (χ1v) is 3.42. The normalized spacial score (nSPS) is 21.6. The van der Waals surface area contributed by atoms with Gasteiger partial charge in [-0.1, -0.05) is 0 Å². The summed E-state index contributed by atoms with van der Waals surface area (Å²) in [5.41, 5.74) is 2.10. The average molecular weight is 215 g/mol. The number of nitrogens with two attached hydrogens (primary N) is 1. The second-order valence-electron chi connectivity index (χ2n) is 2.32. The molecule has 73 valence electrons. The molecule has 1 radical (unpaired) electrons. The van der Waals surface area contributed by atoms with Gasteiger partial charge in [0.1, 0.15) is 0 Å². The Morgan fingerprint density at radius 1 is 1.58 bits per heavy atom. The third-order valence-electron chi connectivity index (χ3n) is 1.57. The predicted molar refractivity (Wildman–Crippen MR) is 52.2 cm³/mol. The third-order valence-corrected chi connectivity index (χ3v) is 1.57. The first-order chi connectivity index (χ1) is 4.84. The molecule has 12 heavy (non-hydrogen) atoms. The molecule has 1 unspecified atom stereocenters. The van der Waals surface area contributed by atoms with Crippen molar-refractivity contribution in [2.24, 2.45) is 5.84 Å². The van der Waals surface area contributed by atoms with E-state index in [1.807, 2.05) is 6.42 Å². The molecule has 1 aliphatic heterocycles. The highest BCUT2D eigenvalue weighted by atomic mass is 35.5. The predicted octanol–water partition coefficient (Wildman–Crippen LogP) is -0.224. The smallest absolute Gasteiger partial charge is 0.251 e. The molecule has 0 aromatic rings. The van der Waals surface area contributed by atoms with Crippen LogP contribution in [0.1, 0.15) is 12.8 Å². The van der Waals surface area contributed by atoms with Crippen molar-refractivity contribution in [1.82, 2.24) is 10.7 Å². The van der Waals surface area contributed by atoms with E-state index in [1.165, 1.54) is 0 Å². The van der Waals surface area contributed by atoms with Crippen molar-refractivity contribution in [2.45, 2.75) is 18.9 Å². The van der Waals surface area contributed by atoms with Crippen LogP contribution in [0.15, 0.2) is 0 Å². The molecule has 1 saturated heterocycles. The second kappa shape index (κ2) is 7.61. The van der Waals surface area contributed by atoms with Crippen LogP contribution in [0.5, 0.6) is 0 Å². The van der Waals surface area contributed by atoms with Gasteiger partial charge in [-0.3, -0.25) is 10.2 Å². The Kier molecular flexibility index (Phi) is 9.19. The Balaban J connectivity index is 0. The number of rotatable bonds is 1. The van der Waals surface area contributed by atoms with Gasteiger partial charge in [-0.15, -0.1) is 24.8 Å². The van der Waals surface area contributed by atoms with Gasteiger partial charge >= 0.3 is 0 Å². The Labute approximate surface area is 84.4 Å². The number of halogens is 2. The van der Waals surface area contributed by atoms with E-state index in [4.69, 9.17) is 5.84 Å². The standard InChI is InChI=1S/C6H12N3O.2ClH/c7-9-6(10)5-3-1-2-4-8-5;;/h3,5,8H,1-2,4,7H2,(H,9,10);2*1H. The molecule has 0 aliphatic carbocycles. The van der Waals surface area contributed by atoms with Crippen molar-refractivity contribution in [2.75, 3.05) is 6.54 Å². The summed E-state index contributed by atoms with van der Waals surface area (Å²) in [6.45, 7) is 0.897. The third kappa shape index (κ3) is 4.11. The minimum absolute atomic E-state index is 0. The zero-order chi connectivity index (χ0) is 7.40. The van der Waals surface area contributed by atoms with Gasteiger partial charge in [0.25, 0.3) is 5.91 Å². The van der Waals surface area contributed by atoms with Gasteiger partial charge in [0.05, 0.1) is 6.04 Å². The molecular formula is C6H14Cl2N3O. The van der Waals surface area contributed by atoms with Crippen molar-refractivity contribution in [3.63, 3.8) is 0 Å². The molecule has 4 nitrogen and oxygen atoms in total. The summed E-state index contributed by atoms with van der Waals surface area (Å²) < 4.78 is 0. The van der Waals surface area contributed by atoms with Gasteiger partial charge in [-0.25, -0.2) is 5.84 Å². The van der Waals surface area contributed by atoms with Crippen LogP contribution in [0.4, 0.5) is 0 Å². The lowest BCUT2D eigenvalue weighted by molar-refractivity contribution is -0.122. The van der Waals surface area contributed by atoms with E-state index in [2.05, 4.69) is 10.7 Å². The summed E-state index contributed by atoms with van der Waals surface area (Å²) in [5.74, 6) is 4.79. The Morgan fingerprint density at radius 3 is 2.67 bits per heavy atom. The summed E-state index contributed by atoms with van der Waals surface area (Å²) in [7, 11) is 0. The zero-order valence-corrected chi connectivity index (χ0v) is 8.21. The highest BCUT2D eigenvalue weighted by Gasteiger charge is 2.18. The van der Waals surface area contributed by atoms with Crippen molar-refractivity contribution in [3.05, 3.63) is 6.42 Å². The molecule has 4 N–H and O–H groups in total. The summed E-state index contributed by atoms with van der Waals surface area (Å²) in [4.78, 5) is 10.8. The molecule has 1 atom stereocenters. The minimum Gasteiger partial charge on any atom is -0.306 e. The number of hydrazine groups is 1. The zero-order valence-electron chi connectivity index (χ0n) is 6.58. The van der Waals surface area contributed by atoms with E-state index in [9.17, 15) is 4.79 Å². The van der Waals surface area contributed by atoms with Gasteiger partial charge < -0.3 is 5.32 Å². The van der Waals surface area contributed by atoms with Crippen LogP contribution in [-0.4, -0.2) is 18.5 Å². The minimum atomic E-state index is -0.182. The fourth-order valence-electron chi connectivity index (χ4n) is 1.02. The number of amides is 1. The summed E-state index contributed by atoms with van der Waals surface area (Å²) in [5, 5.41) is 3.02. The second-order valence-corrected chi connectivity index (χ2v) is 2.32. The number of piperidine rings is 1. The van der Waals surface area contributed by atoms with Crippen LogP contribution in [-0.2, 0) is 4.79 Å². The fourth-order valence-corrected chi connectivity index (χ4v) is 1.02. The lowest BCUT2D eigenvalue weighted by Gasteiger charge is -2.20. The summed E-state index contributed by atoms with van der Waals surface area (Å²) in [6.07, 6.45) is 4.03. The van der Waals surface area contributed by atoms with Crippen molar-refractivity contribution >= 4 is 30.7 Å². The monoisotopic (exact) mass is 214 g/mol. The highest BCUT2D eigenvalue weighted by molar-refractivity contribution is 5.85. The van der Waals surface area contributed by atoms with Crippen LogP contribution in [0.3, 0.4) is 0 Å². The molecule has 0 aromatic heterocycles. The molecule has 6 heteroatoms. The van der Waals surface area contributed by atoms with Gasteiger partial charge in [0.2, 0.25) is 0 Å². The number of carbonyl (C=O) groups excluding carboxylic acids is 1. The van der Waals surface area contributed by atoms with Crippen molar-refractivity contribution < 1.29 is 4.79 Å². The lowest BCUT2D eigenvalue weighted by atomic mass is 10.1. The van der Waals surface area contributed by atoms with E-state index in [-0.39, 0.29) is 36.8 Å². The van der Waals surface area contributed by atoms with Gasteiger partial charge in [-0.2, -0.15) is 0 Å². The van der Waals surface area contributed by atoms with Crippen molar-refractivity contribution in [3.8, 4) is 0 Å². The van der Waals surface area contributed by atoms with E-state index in [1.54, 1.807) is 0 Å². The Morgan fingerprint density at radius 2 is 2.25 bits per heavy atom. The Hall–Kier alpha value is -0.0300. The number of hydrogen-bond acceptors (Lipinski definition) is 3. The van der Waals surface area contributed by atoms with Crippen LogP contribution < -0.4 is 16.6 Å². The molecule has 0 aromatic carbocycles. The lowest BCUT2D eigenvalue weighted by Crippen LogP contribution is -2.49. The quantitative estimate of drug-likeness (QED) is 0.321. The molecule has 1 aliphatic rings. The number of nitrogens with one attached hydrogen (secondary N) is 2. The molecule has 1 amide bonds. The maximum absolute atomic E-state index is 10.8. The van der Waals surface area contributed by atoms with Crippen LogP contribution in [0, 0.1) is 6.42 Å². The molecule has 1 rings (SSSR count). The average Bonchev–Trinajstić information content (AvgIpc) is 2.05. The van der Waals surface area contributed by atoms with E-state index < -0.39 is 0 Å². The first kappa shape index (κ1) is 14.5. The van der Waals surface area contributed by atoms with Crippen LogP contribution in [0.2, 0.25) is 0 Å². The number of carbonyl (C=O) groups is 1. The maximum atomic E-state index is 10.8. The van der Waals surface area contributed by atoms with E-state index in [0.717, 1.165) is 19.4 Å². The topological polar surface area (TPSA) is 67.1 Å². The van der Waals surface area contributed by atoms with Crippen molar-refractivity contribution in [1.29, 1.82) is 0 Å². The molecule has 1 fully saturated rings. The largest absolute Gasteiger partial charge is 0.306 e. The SMILES string of the molecule is Cl.Cl.NNC(=O)C1[CH]CCCN1. The van der Waals surface area contributed by atoms with Gasteiger partial charge in [0, 0.05) is 0 Å². The van der Waals surface area contributed by atoms with Gasteiger partial charge in [0.15, 0.2) is 0 Å². The maximum Gasteiger partial charge on any atom is 0.251 e. The van der Waals surface area contributed by atoms with E-state index in [0.29, 0.717) is 0 Å². The molecule has 1 heterocycles. The van der Waals surface area contributed by atoms with E-state index >= 15 is 0 Å². The Bertz CT molecular complexity index is 128. The number of hydrogen-bond donors (Lipinski definition) is 3. The first-order valence-electron chi connectivity index (χ1n) is 3.42. The highest BCUT2D eigenvalue weighted by Crippen LogP contribution is 2.04. The molecule has 0 bridgehead atoms. The molecule has 0 saturated carbocycles. The molecule has 0 spiro atoms. The van der Waals surface area contributed by atoms with Crippen LogP contribution in [0.25, 0.3) is 0 Å². The summed E-state index contributed by atoms with van der Waals surface area (Å²) in [6, 6.07) is -0.182. The van der Waals surface area contributed by atoms with Gasteiger partial charge in [-0.05, 0) is 25.8 Å². The van der Waals surface area contributed by atoms with Crippen LogP contribution >= 0.6 is 24.8 Å². The molecular weight excluding hydrogens is 201 g/mol. The fraction of sp³-hybridized carbons (Fsp3) is 0.667. The summed E-state index contributed by atoms with van der Waals surface area (Å²) >= 11 is 0.